The van der Waals surface area contributed by atoms with Crippen molar-refractivity contribution in [3.63, 3.8) is 0 Å². The first-order valence-electron chi connectivity index (χ1n) is 8.93. The van der Waals surface area contributed by atoms with Crippen LogP contribution in [0.25, 0.3) is 0 Å². The van der Waals surface area contributed by atoms with Crippen molar-refractivity contribution in [1.82, 2.24) is 4.90 Å². The van der Waals surface area contributed by atoms with Crippen LogP contribution in [-0.4, -0.2) is 41.4 Å². The number of ketones is 1. The first kappa shape index (κ1) is 18.1. The fourth-order valence-corrected chi connectivity index (χ4v) is 3.27. The predicted octanol–water partition coefficient (Wildman–Crippen LogP) is 3.85. The topological polar surface area (TPSA) is 66.8 Å². The van der Waals surface area contributed by atoms with Gasteiger partial charge in [0.25, 0.3) is 0 Å². The van der Waals surface area contributed by atoms with Crippen molar-refractivity contribution < 1.29 is 19.4 Å². The molecular formula is C21H23NO4. The summed E-state index contributed by atoms with van der Waals surface area (Å²) in [6.45, 7) is 2.00. The maximum atomic E-state index is 12.8. The quantitative estimate of drug-likeness (QED) is 0.766. The molecule has 2 aromatic rings. The standard InChI is InChI=1S/C21H23NO4/c23-20(24)12-14-22-13-4-5-17(15-22)21(25)16-8-10-19(11-9-16)26-18-6-2-1-3-7-18/h1-3,6-11,17H,4-5,12-15H2,(H,23,24)/t17-/m1/s1. The smallest absolute Gasteiger partial charge is 0.304 e. The molecule has 1 N–H and O–H groups in total. The summed E-state index contributed by atoms with van der Waals surface area (Å²) in [6.07, 6.45) is 1.89. The highest BCUT2D eigenvalue weighted by Crippen LogP contribution is 2.24. The van der Waals surface area contributed by atoms with Crippen LogP contribution in [0, 0.1) is 5.92 Å². The van der Waals surface area contributed by atoms with Gasteiger partial charge in [0.1, 0.15) is 11.5 Å². The molecule has 2 aromatic carbocycles. The van der Waals surface area contributed by atoms with Gasteiger partial charge in [0, 0.05) is 24.6 Å². The molecule has 26 heavy (non-hydrogen) atoms. The molecular weight excluding hydrogens is 330 g/mol. The van der Waals surface area contributed by atoms with Crippen molar-refractivity contribution in [2.45, 2.75) is 19.3 Å². The lowest BCUT2D eigenvalue weighted by molar-refractivity contribution is -0.137. The minimum absolute atomic E-state index is 0.0709. The molecule has 1 aliphatic heterocycles. The molecule has 1 fully saturated rings. The number of carboxylic acids is 1. The Balaban J connectivity index is 1.59. The van der Waals surface area contributed by atoms with Crippen LogP contribution in [0.3, 0.4) is 0 Å². The monoisotopic (exact) mass is 353 g/mol. The van der Waals surface area contributed by atoms with Gasteiger partial charge in [0.05, 0.1) is 6.42 Å². The highest BCUT2D eigenvalue weighted by molar-refractivity contribution is 5.98. The number of Topliss-reactive ketones (excluding diaryl/α,β-unsaturated/α-hetero) is 1. The van der Waals surface area contributed by atoms with E-state index in [1.807, 2.05) is 42.5 Å². The molecule has 0 radical (unpaired) electrons. The summed E-state index contributed by atoms with van der Waals surface area (Å²) in [5, 5.41) is 8.82. The van der Waals surface area contributed by atoms with Crippen LogP contribution >= 0.6 is 0 Å². The number of hydrogen-bond acceptors (Lipinski definition) is 4. The zero-order chi connectivity index (χ0) is 18.4. The minimum Gasteiger partial charge on any atom is -0.481 e. The van der Waals surface area contributed by atoms with Crippen molar-refractivity contribution in [1.29, 1.82) is 0 Å². The second-order valence-corrected chi connectivity index (χ2v) is 6.59. The molecule has 0 bridgehead atoms. The number of likely N-dealkylation sites (tertiary alicyclic amines) is 1. The number of ether oxygens (including phenoxy) is 1. The Bertz CT molecular complexity index is 742. The summed E-state index contributed by atoms with van der Waals surface area (Å²) in [7, 11) is 0. The number of hydrogen-bond donors (Lipinski definition) is 1. The van der Waals surface area contributed by atoms with Gasteiger partial charge in [-0.15, -0.1) is 0 Å². The Hall–Kier alpha value is -2.66. The van der Waals surface area contributed by atoms with Gasteiger partial charge in [0.2, 0.25) is 0 Å². The van der Waals surface area contributed by atoms with Gasteiger partial charge in [-0.05, 0) is 55.8 Å². The van der Waals surface area contributed by atoms with Crippen LogP contribution < -0.4 is 4.74 Å². The average Bonchev–Trinajstić information content (AvgIpc) is 2.67. The van der Waals surface area contributed by atoms with Gasteiger partial charge in [-0.1, -0.05) is 18.2 Å². The van der Waals surface area contributed by atoms with Crippen molar-refractivity contribution in [2.24, 2.45) is 5.92 Å². The van der Waals surface area contributed by atoms with E-state index >= 15 is 0 Å². The first-order chi connectivity index (χ1) is 12.6. The van der Waals surface area contributed by atoms with Gasteiger partial charge in [-0.25, -0.2) is 0 Å². The molecule has 0 aliphatic carbocycles. The molecule has 1 saturated heterocycles. The van der Waals surface area contributed by atoms with Crippen LogP contribution in [0.1, 0.15) is 29.6 Å². The second-order valence-electron chi connectivity index (χ2n) is 6.59. The van der Waals surface area contributed by atoms with Crippen LogP contribution in [0.2, 0.25) is 0 Å². The van der Waals surface area contributed by atoms with E-state index in [-0.39, 0.29) is 18.1 Å². The number of rotatable bonds is 7. The van der Waals surface area contributed by atoms with Crippen LogP contribution in [0.4, 0.5) is 0 Å². The van der Waals surface area contributed by atoms with Gasteiger partial charge in [-0.3, -0.25) is 9.59 Å². The first-order valence-corrected chi connectivity index (χ1v) is 8.93. The lowest BCUT2D eigenvalue weighted by atomic mass is 9.90. The Morgan fingerprint density at radius 2 is 1.73 bits per heavy atom. The number of piperidine rings is 1. The largest absolute Gasteiger partial charge is 0.481 e. The number of carbonyl (C=O) groups excluding carboxylic acids is 1. The Kier molecular flexibility index (Phi) is 6.02. The second kappa shape index (κ2) is 8.63. The summed E-state index contributed by atoms with van der Waals surface area (Å²) in [4.78, 5) is 25.6. The number of benzene rings is 2. The predicted molar refractivity (Wildman–Crippen MR) is 98.7 cm³/mol. The third kappa shape index (κ3) is 4.92. The van der Waals surface area contributed by atoms with Crippen LogP contribution in [-0.2, 0) is 4.79 Å². The highest BCUT2D eigenvalue weighted by atomic mass is 16.5. The zero-order valence-corrected chi connectivity index (χ0v) is 14.6. The van der Waals surface area contributed by atoms with Crippen molar-refractivity contribution >= 4 is 11.8 Å². The summed E-state index contributed by atoms with van der Waals surface area (Å²) < 4.78 is 5.75. The van der Waals surface area contributed by atoms with Crippen molar-refractivity contribution in [2.75, 3.05) is 19.6 Å². The Morgan fingerprint density at radius 1 is 1.04 bits per heavy atom. The van der Waals surface area contributed by atoms with E-state index in [9.17, 15) is 9.59 Å². The maximum absolute atomic E-state index is 12.8. The molecule has 5 heteroatoms. The third-order valence-electron chi connectivity index (χ3n) is 4.64. The van der Waals surface area contributed by atoms with E-state index < -0.39 is 5.97 Å². The summed E-state index contributed by atoms with van der Waals surface area (Å²) in [6, 6.07) is 16.7. The van der Waals surface area contributed by atoms with Crippen molar-refractivity contribution in [3.05, 3.63) is 60.2 Å². The van der Waals surface area contributed by atoms with E-state index in [2.05, 4.69) is 4.90 Å². The zero-order valence-electron chi connectivity index (χ0n) is 14.6. The molecule has 1 aliphatic rings. The highest BCUT2D eigenvalue weighted by Gasteiger charge is 2.26. The number of nitrogens with zero attached hydrogens (tertiary/aromatic N) is 1. The van der Waals surface area contributed by atoms with E-state index in [4.69, 9.17) is 9.84 Å². The van der Waals surface area contributed by atoms with Gasteiger partial charge < -0.3 is 14.7 Å². The number of carbonyl (C=O) groups is 2. The van der Waals surface area contributed by atoms with E-state index in [0.29, 0.717) is 24.4 Å². The molecule has 1 heterocycles. The molecule has 0 spiro atoms. The molecule has 0 aromatic heterocycles. The van der Waals surface area contributed by atoms with Gasteiger partial charge in [0.15, 0.2) is 5.78 Å². The molecule has 1 atom stereocenters. The molecule has 0 unspecified atom stereocenters. The Labute approximate surface area is 153 Å². The third-order valence-corrected chi connectivity index (χ3v) is 4.64. The normalized spacial score (nSPS) is 17.6. The maximum Gasteiger partial charge on any atom is 0.304 e. The van der Waals surface area contributed by atoms with Crippen molar-refractivity contribution in [3.8, 4) is 11.5 Å². The van der Waals surface area contributed by atoms with E-state index in [1.165, 1.54) is 0 Å². The molecule has 3 rings (SSSR count). The van der Waals surface area contributed by atoms with Gasteiger partial charge >= 0.3 is 5.97 Å². The molecule has 5 nitrogen and oxygen atoms in total. The van der Waals surface area contributed by atoms with E-state index in [1.54, 1.807) is 12.1 Å². The summed E-state index contributed by atoms with van der Waals surface area (Å²) in [5.41, 5.74) is 0.676. The fourth-order valence-electron chi connectivity index (χ4n) is 3.27. The average molecular weight is 353 g/mol. The van der Waals surface area contributed by atoms with Gasteiger partial charge in [-0.2, -0.15) is 0 Å². The summed E-state index contributed by atoms with van der Waals surface area (Å²) in [5.74, 6) is 0.703. The Morgan fingerprint density at radius 3 is 2.42 bits per heavy atom. The van der Waals surface area contributed by atoms with Crippen LogP contribution in [0.15, 0.2) is 54.6 Å². The van der Waals surface area contributed by atoms with Crippen LogP contribution in [0.5, 0.6) is 11.5 Å². The SMILES string of the molecule is O=C(O)CCN1CCC[C@@H](C(=O)c2ccc(Oc3ccccc3)cc2)C1. The minimum atomic E-state index is -0.799. The molecule has 0 saturated carbocycles. The lowest BCUT2D eigenvalue weighted by Gasteiger charge is -2.31. The number of para-hydroxylation sites is 1. The lowest BCUT2D eigenvalue weighted by Crippen LogP contribution is -2.39. The summed E-state index contributed by atoms with van der Waals surface area (Å²) >= 11 is 0. The van der Waals surface area contributed by atoms with E-state index in [0.717, 1.165) is 25.1 Å². The number of carboxylic acid groups (broad SMARTS) is 1. The molecule has 0 amide bonds. The number of aliphatic carboxylic acids is 1. The fraction of sp³-hybridized carbons (Fsp3) is 0.333. The molecule has 136 valence electrons.